The molecule has 3 aromatic rings. The van der Waals surface area contributed by atoms with Gasteiger partial charge in [-0.2, -0.15) is 0 Å². The van der Waals surface area contributed by atoms with E-state index in [2.05, 4.69) is 5.16 Å². The van der Waals surface area contributed by atoms with Gasteiger partial charge in [-0.15, -0.1) is 0 Å². The van der Waals surface area contributed by atoms with Crippen molar-refractivity contribution in [2.75, 3.05) is 20.2 Å². The van der Waals surface area contributed by atoms with E-state index in [0.29, 0.717) is 38.8 Å². The van der Waals surface area contributed by atoms with Gasteiger partial charge in [0.25, 0.3) is 5.91 Å². The van der Waals surface area contributed by atoms with E-state index in [1.54, 1.807) is 7.11 Å². The molecule has 1 atom stereocenters. The molecule has 1 unspecified atom stereocenters. The van der Waals surface area contributed by atoms with E-state index in [-0.39, 0.29) is 11.8 Å². The van der Waals surface area contributed by atoms with Crippen molar-refractivity contribution < 1.29 is 19.5 Å². The fourth-order valence-corrected chi connectivity index (χ4v) is 5.43. The molecule has 1 saturated heterocycles. The number of piperidine rings is 1. The van der Waals surface area contributed by atoms with Crippen LogP contribution in [0.15, 0.2) is 90.1 Å². The van der Waals surface area contributed by atoms with Crippen LogP contribution in [0.3, 0.4) is 0 Å². The Balaban J connectivity index is 1.22. The molecule has 186 valence electrons. The van der Waals surface area contributed by atoms with Crippen LogP contribution in [-0.2, 0) is 21.7 Å². The summed E-state index contributed by atoms with van der Waals surface area (Å²) in [6.07, 6.45) is 1.95. The van der Waals surface area contributed by atoms with E-state index in [9.17, 15) is 9.90 Å². The first-order chi connectivity index (χ1) is 17.6. The molecule has 1 N–H and O–H groups in total. The number of hydrogen-bond donors (Lipinski definition) is 1. The lowest BCUT2D eigenvalue weighted by molar-refractivity contribution is -0.144. The molecular weight excluding hydrogens is 452 g/mol. The Morgan fingerprint density at radius 1 is 1.00 bits per heavy atom. The van der Waals surface area contributed by atoms with Gasteiger partial charge < -0.3 is 19.6 Å². The molecule has 0 radical (unpaired) electrons. The zero-order valence-corrected chi connectivity index (χ0v) is 20.5. The van der Waals surface area contributed by atoms with Gasteiger partial charge in [-0.05, 0) is 47.6 Å². The minimum Gasteiger partial charge on any atom is -0.497 e. The SMILES string of the molecule is COc1cccc(CC2=NOC(C(=O)N3CCC(C(O)(c4ccccc4)c4ccccc4)CC3)C2)c1. The van der Waals surface area contributed by atoms with Crippen molar-refractivity contribution in [2.24, 2.45) is 11.1 Å². The number of likely N-dealkylation sites (tertiary alicyclic amines) is 1. The van der Waals surface area contributed by atoms with E-state index in [1.807, 2.05) is 89.8 Å². The lowest BCUT2D eigenvalue weighted by atomic mass is 9.72. The second kappa shape index (κ2) is 10.5. The van der Waals surface area contributed by atoms with Gasteiger partial charge in [-0.3, -0.25) is 4.79 Å². The van der Waals surface area contributed by atoms with Gasteiger partial charge in [0.05, 0.1) is 12.8 Å². The predicted octanol–water partition coefficient (Wildman–Crippen LogP) is 4.56. The first-order valence-electron chi connectivity index (χ1n) is 12.5. The first kappa shape index (κ1) is 24.1. The maximum atomic E-state index is 13.2. The van der Waals surface area contributed by atoms with Gasteiger partial charge >= 0.3 is 0 Å². The molecule has 36 heavy (non-hydrogen) atoms. The average Bonchev–Trinajstić information content (AvgIpc) is 3.41. The van der Waals surface area contributed by atoms with Crippen LogP contribution in [-0.4, -0.2) is 47.9 Å². The summed E-state index contributed by atoms with van der Waals surface area (Å²) in [6.45, 7) is 1.16. The molecular formula is C30H32N2O4. The minimum atomic E-state index is -1.10. The Kier molecular flexibility index (Phi) is 7.05. The van der Waals surface area contributed by atoms with Crippen molar-refractivity contribution in [1.29, 1.82) is 0 Å². The third-order valence-electron chi connectivity index (χ3n) is 7.37. The third kappa shape index (κ3) is 4.86. The summed E-state index contributed by atoms with van der Waals surface area (Å²) in [5, 5.41) is 16.3. The van der Waals surface area contributed by atoms with Crippen molar-refractivity contribution in [3.63, 3.8) is 0 Å². The number of amides is 1. The van der Waals surface area contributed by atoms with E-state index in [0.717, 1.165) is 28.2 Å². The largest absolute Gasteiger partial charge is 0.497 e. The number of carbonyl (C=O) groups excluding carboxylic acids is 1. The van der Waals surface area contributed by atoms with Crippen LogP contribution >= 0.6 is 0 Å². The van der Waals surface area contributed by atoms with Crippen LogP contribution in [0.25, 0.3) is 0 Å². The Morgan fingerprint density at radius 3 is 2.25 bits per heavy atom. The Bertz CT molecular complexity index is 1160. The van der Waals surface area contributed by atoms with Crippen LogP contribution in [0.2, 0.25) is 0 Å². The van der Waals surface area contributed by atoms with Gasteiger partial charge in [0.1, 0.15) is 11.4 Å². The number of nitrogens with zero attached hydrogens (tertiary/aromatic N) is 2. The molecule has 0 bridgehead atoms. The number of ether oxygens (including phenoxy) is 1. The molecule has 5 rings (SSSR count). The zero-order valence-electron chi connectivity index (χ0n) is 20.5. The van der Waals surface area contributed by atoms with Gasteiger partial charge in [0.15, 0.2) is 0 Å². The van der Waals surface area contributed by atoms with E-state index >= 15 is 0 Å². The zero-order chi connectivity index (χ0) is 25.0. The number of oxime groups is 1. The number of methoxy groups -OCH3 is 1. The highest BCUT2D eigenvalue weighted by Crippen LogP contribution is 2.42. The molecule has 2 heterocycles. The van der Waals surface area contributed by atoms with Crippen LogP contribution in [0, 0.1) is 5.92 Å². The number of carbonyl (C=O) groups is 1. The standard InChI is InChI=1S/C30H32N2O4/c1-35-27-14-8-9-22(20-27)19-26-21-28(36-31-26)29(33)32-17-15-25(16-18-32)30(34,23-10-4-2-5-11-23)24-12-6-3-7-13-24/h2-14,20,25,28,34H,15-19,21H2,1H3. The summed E-state index contributed by atoms with van der Waals surface area (Å²) in [5.41, 5.74) is 2.60. The highest BCUT2D eigenvalue weighted by Gasteiger charge is 2.43. The molecule has 1 amide bonds. The summed E-state index contributed by atoms with van der Waals surface area (Å²) in [7, 11) is 1.65. The van der Waals surface area contributed by atoms with Crippen molar-refractivity contribution in [3.8, 4) is 5.75 Å². The monoisotopic (exact) mass is 484 g/mol. The fourth-order valence-electron chi connectivity index (χ4n) is 5.43. The summed E-state index contributed by atoms with van der Waals surface area (Å²) in [5.74, 6) is 0.769. The van der Waals surface area contributed by atoms with Gasteiger partial charge in [0, 0.05) is 25.9 Å². The quantitative estimate of drug-likeness (QED) is 0.534. The van der Waals surface area contributed by atoms with Crippen LogP contribution in [0.1, 0.15) is 36.0 Å². The lowest BCUT2D eigenvalue weighted by Gasteiger charge is -2.42. The van der Waals surface area contributed by atoms with Gasteiger partial charge in [-0.1, -0.05) is 78.0 Å². The molecule has 6 nitrogen and oxygen atoms in total. The first-order valence-corrected chi connectivity index (χ1v) is 12.5. The highest BCUT2D eigenvalue weighted by molar-refractivity contribution is 5.94. The minimum absolute atomic E-state index is 0.00396. The highest BCUT2D eigenvalue weighted by atomic mass is 16.6. The van der Waals surface area contributed by atoms with Crippen LogP contribution in [0.5, 0.6) is 5.75 Å². The van der Waals surface area contributed by atoms with Crippen LogP contribution < -0.4 is 4.74 Å². The second-order valence-corrected chi connectivity index (χ2v) is 9.58. The number of aliphatic hydroxyl groups is 1. The van der Waals surface area contributed by atoms with E-state index in [4.69, 9.17) is 9.57 Å². The molecule has 2 aliphatic heterocycles. The molecule has 1 fully saturated rings. The topological polar surface area (TPSA) is 71.4 Å². The third-order valence-corrected chi connectivity index (χ3v) is 7.37. The Morgan fingerprint density at radius 2 is 1.64 bits per heavy atom. The summed E-state index contributed by atoms with van der Waals surface area (Å²) >= 11 is 0. The molecule has 2 aliphatic rings. The second-order valence-electron chi connectivity index (χ2n) is 9.58. The van der Waals surface area contributed by atoms with E-state index < -0.39 is 11.7 Å². The molecule has 6 heteroatoms. The lowest BCUT2D eigenvalue weighted by Crippen LogP contribution is -2.48. The van der Waals surface area contributed by atoms with E-state index in [1.165, 1.54) is 0 Å². The van der Waals surface area contributed by atoms with Crippen molar-refractivity contribution in [3.05, 3.63) is 102 Å². The van der Waals surface area contributed by atoms with Gasteiger partial charge in [0.2, 0.25) is 6.10 Å². The van der Waals surface area contributed by atoms with Crippen molar-refractivity contribution in [2.45, 2.75) is 37.4 Å². The fraction of sp³-hybridized carbons (Fsp3) is 0.333. The molecule has 3 aromatic carbocycles. The Labute approximate surface area is 212 Å². The Hall–Kier alpha value is -3.64. The average molecular weight is 485 g/mol. The van der Waals surface area contributed by atoms with Crippen molar-refractivity contribution in [1.82, 2.24) is 4.90 Å². The molecule has 0 saturated carbocycles. The summed E-state index contributed by atoms with van der Waals surface area (Å²) in [6, 6.07) is 27.5. The van der Waals surface area contributed by atoms with Crippen molar-refractivity contribution >= 4 is 11.6 Å². The molecule has 0 aromatic heterocycles. The number of rotatable bonds is 7. The summed E-state index contributed by atoms with van der Waals surface area (Å²) in [4.78, 5) is 20.7. The predicted molar refractivity (Wildman–Crippen MR) is 139 cm³/mol. The number of hydrogen-bond acceptors (Lipinski definition) is 5. The molecule has 0 spiro atoms. The molecule has 0 aliphatic carbocycles. The number of benzene rings is 3. The maximum Gasteiger partial charge on any atom is 0.266 e. The summed E-state index contributed by atoms with van der Waals surface area (Å²) < 4.78 is 5.30. The van der Waals surface area contributed by atoms with Gasteiger partial charge in [-0.25, -0.2) is 0 Å². The normalized spacial score (nSPS) is 18.4. The smallest absolute Gasteiger partial charge is 0.266 e. The maximum absolute atomic E-state index is 13.2. The van der Waals surface area contributed by atoms with Crippen LogP contribution in [0.4, 0.5) is 0 Å².